The number of hydrogen-bond acceptors (Lipinski definition) is 4. The van der Waals surface area contributed by atoms with Crippen LogP contribution >= 0.6 is 22.9 Å². The lowest BCUT2D eigenvalue weighted by Gasteiger charge is -2.32. The van der Waals surface area contributed by atoms with Gasteiger partial charge in [-0.25, -0.2) is 8.42 Å². The van der Waals surface area contributed by atoms with Gasteiger partial charge >= 0.3 is 0 Å². The lowest BCUT2D eigenvalue weighted by atomic mass is 10.1. The summed E-state index contributed by atoms with van der Waals surface area (Å²) in [6, 6.07) is 11.0. The molecule has 0 radical (unpaired) electrons. The Morgan fingerprint density at radius 2 is 2.09 bits per heavy atom. The summed E-state index contributed by atoms with van der Waals surface area (Å²) in [5.74, 6) is 0. The molecule has 1 aliphatic rings. The molecule has 1 aromatic carbocycles. The summed E-state index contributed by atoms with van der Waals surface area (Å²) in [6.07, 6.45) is 0.503. The molecule has 1 aliphatic heterocycles. The molecule has 1 fully saturated rings. The molecule has 0 aliphatic carbocycles. The minimum Gasteiger partial charge on any atom is -0.371 e. The van der Waals surface area contributed by atoms with E-state index in [1.807, 2.05) is 31.2 Å². The van der Waals surface area contributed by atoms with Gasteiger partial charge < -0.3 is 4.74 Å². The molecule has 1 aromatic heterocycles. The first-order chi connectivity index (χ1) is 11.0. The van der Waals surface area contributed by atoms with Crippen molar-refractivity contribution in [1.82, 2.24) is 4.31 Å². The van der Waals surface area contributed by atoms with Crippen LogP contribution < -0.4 is 0 Å². The third-order valence-corrected chi connectivity index (χ3v) is 7.77. The minimum atomic E-state index is -3.48. The van der Waals surface area contributed by atoms with E-state index in [-0.39, 0.29) is 12.6 Å². The van der Waals surface area contributed by atoms with E-state index in [1.165, 1.54) is 15.6 Å². The third-order valence-electron chi connectivity index (χ3n) is 3.86. The zero-order valence-corrected chi connectivity index (χ0v) is 15.1. The van der Waals surface area contributed by atoms with Crippen LogP contribution in [0.2, 0.25) is 5.02 Å². The fourth-order valence-electron chi connectivity index (χ4n) is 2.58. The molecule has 1 saturated heterocycles. The summed E-state index contributed by atoms with van der Waals surface area (Å²) in [5.41, 5.74) is 0.828. The van der Waals surface area contributed by atoms with Crippen molar-refractivity contribution in [2.24, 2.45) is 0 Å². The smallest absolute Gasteiger partial charge is 0.252 e. The highest BCUT2D eigenvalue weighted by molar-refractivity contribution is 7.91. The van der Waals surface area contributed by atoms with Crippen molar-refractivity contribution in [2.45, 2.75) is 23.7 Å². The molecule has 124 valence electrons. The largest absolute Gasteiger partial charge is 0.371 e. The number of hydrogen-bond donors (Lipinski definition) is 0. The molecule has 1 unspecified atom stereocenters. The number of halogens is 1. The Morgan fingerprint density at radius 3 is 2.78 bits per heavy atom. The molecular formula is C16H18ClNO3S2. The Bertz CT molecular complexity index is 788. The van der Waals surface area contributed by atoms with Crippen molar-refractivity contribution in [3.63, 3.8) is 0 Å². The molecular weight excluding hydrogens is 354 g/mol. The summed E-state index contributed by atoms with van der Waals surface area (Å²) in [5, 5.41) is 0.598. The Morgan fingerprint density at radius 1 is 1.30 bits per heavy atom. The van der Waals surface area contributed by atoms with Crippen LogP contribution in [-0.4, -0.2) is 32.4 Å². The van der Waals surface area contributed by atoms with Crippen LogP contribution in [0.15, 0.2) is 40.6 Å². The van der Waals surface area contributed by atoms with Crippen LogP contribution in [0.5, 0.6) is 0 Å². The van der Waals surface area contributed by atoms with E-state index in [0.717, 1.165) is 16.9 Å². The number of rotatable bonds is 4. The van der Waals surface area contributed by atoms with E-state index in [2.05, 4.69) is 0 Å². The lowest BCUT2D eigenvalue weighted by Crippen LogP contribution is -2.42. The number of thiophene rings is 1. The maximum Gasteiger partial charge on any atom is 0.252 e. The van der Waals surface area contributed by atoms with Gasteiger partial charge in [0.1, 0.15) is 4.21 Å². The Kier molecular flexibility index (Phi) is 5.08. The molecule has 2 heterocycles. The zero-order chi connectivity index (χ0) is 16.4. The predicted molar refractivity (Wildman–Crippen MR) is 92.6 cm³/mol. The Hall–Kier alpha value is -0.920. The van der Waals surface area contributed by atoms with Crippen molar-refractivity contribution < 1.29 is 13.2 Å². The number of morpholine rings is 1. The predicted octanol–water partition coefficient (Wildman–Crippen LogP) is 3.73. The summed E-state index contributed by atoms with van der Waals surface area (Å²) >= 11 is 7.55. The zero-order valence-electron chi connectivity index (χ0n) is 12.7. The second kappa shape index (κ2) is 6.91. The van der Waals surface area contributed by atoms with Gasteiger partial charge in [-0.1, -0.05) is 36.7 Å². The second-order valence-corrected chi connectivity index (χ2v) is 9.06. The van der Waals surface area contributed by atoms with Gasteiger partial charge in [0.25, 0.3) is 10.0 Å². The average Bonchev–Trinajstić information content (AvgIpc) is 3.05. The van der Waals surface area contributed by atoms with Gasteiger partial charge in [0.15, 0.2) is 0 Å². The van der Waals surface area contributed by atoms with Crippen LogP contribution in [-0.2, 0) is 21.2 Å². The summed E-state index contributed by atoms with van der Waals surface area (Å²) < 4.78 is 33.3. The first-order valence-electron chi connectivity index (χ1n) is 7.47. The van der Waals surface area contributed by atoms with Crippen LogP contribution in [0.1, 0.15) is 23.5 Å². The van der Waals surface area contributed by atoms with E-state index in [4.69, 9.17) is 16.3 Å². The number of benzene rings is 1. The van der Waals surface area contributed by atoms with E-state index >= 15 is 0 Å². The van der Waals surface area contributed by atoms with E-state index in [1.54, 1.807) is 12.1 Å². The quantitative estimate of drug-likeness (QED) is 0.822. The van der Waals surface area contributed by atoms with Gasteiger partial charge in [-0.15, -0.1) is 11.3 Å². The normalized spacial score (nSPS) is 19.8. The molecule has 0 spiro atoms. The van der Waals surface area contributed by atoms with Gasteiger partial charge in [-0.3, -0.25) is 0 Å². The van der Waals surface area contributed by atoms with Crippen molar-refractivity contribution >= 4 is 33.0 Å². The molecule has 0 bridgehead atoms. The summed E-state index contributed by atoms with van der Waals surface area (Å²) in [6.45, 7) is 3.03. The molecule has 23 heavy (non-hydrogen) atoms. The fourth-order valence-corrected chi connectivity index (χ4v) is 5.71. The summed E-state index contributed by atoms with van der Waals surface area (Å²) in [7, 11) is -3.48. The van der Waals surface area contributed by atoms with E-state index in [9.17, 15) is 8.42 Å². The van der Waals surface area contributed by atoms with Crippen LogP contribution in [0.4, 0.5) is 0 Å². The maximum atomic E-state index is 12.8. The highest BCUT2D eigenvalue weighted by atomic mass is 35.5. The highest BCUT2D eigenvalue weighted by Crippen LogP contribution is 2.32. The van der Waals surface area contributed by atoms with Gasteiger partial charge in [-0.2, -0.15) is 4.31 Å². The van der Waals surface area contributed by atoms with Gasteiger partial charge in [0, 0.05) is 28.6 Å². The summed E-state index contributed by atoms with van der Waals surface area (Å²) in [4.78, 5) is 1.07. The highest BCUT2D eigenvalue weighted by Gasteiger charge is 2.33. The molecule has 1 atom stereocenters. The molecule has 7 heteroatoms. The van der Waals surface area contributed by atoms with Crippen molar-refractivity contribution in [3.8, 4) is 0 Å². The molecule has 0 amide bonds. The number of ether oxygens (including phenoxy) is 1. The van der Waals surface area contributed by atoms with E-state index < -0.39 is 10.0 Å². The topological polar surface area (TPSA) is 46.6 Å². The average molecular weight is 372 g/mol. The fraction of sp³-hybridized carbons (Fsp3) is 0.375. The van der Waals surface area contributed by atoms with Crippen LogP contribution in [0.25, 0.3) is 0 Å². The van der Waals surface area contributed by atoms with Crippen molar-refractivity contribution in [2.75, 3.05) is 19.7 Å². The first-order valence-corrected chi connectivity index (χ1v) is 10.1. The van der Waals surface area contributed by atoms with Crippen molar-refractivity contribution in [1.29, 1.82) is 0 Å². The van der Waals surface area contributed by atoms with E-state index in [0.29, 0.717) is 22.4 Å². The Labute approximate surface area is 145 Å². The van der Waals surface area contributed by atoms with Gasteiger partial charge in [0.2, 0.25) is 0 Å². The first kappa shape index (κ1) is 16.9. The van der Waals surface area contributed by atoms with Crippen molar-refractivity contribution in [3.05, 3.63) is 51.9 Å². The number of aryl methyl sites for hydroxylation is 1. The third kappa shape index (κ3) is 3.46. The monoisotopic (exact) mass is 371 g/mol. The number of nitrogens with zero attached hydrogens (tertiary/aromatic N) is 1. The lowest BCUT2D eigenvalue weighted by molar-refractivity contribution is -0.00244. The van der Waals surface area contributed by atoms with Gasteiger partial charge in [0.05, 0.1) is 12.7 Å². The molecule has 0 saturated carbocycles. The molecule has 4 nitrogen and oxygen atoms in total. The molecule has 3 rings (SSSR count). The minimum absolute atomic E-state index is 0.283. The van der Waals surface area contributed by atoms with Crippen LogP contribution in [0, 0.1) is 0 Å². The van der Waals surface area contributed by atoms with Crippen LogP contribution in [0.3, 0.4) is 0 Å². The second-order valence-electron chi connectivity index (χ2n) is 5.32. The number of sulfonamides is 1. The van der Waals surface area contributed by atoms with Gasteiger partial charge in [-0.05, 0) is 24.6 Å². The Balaban J connectivity index is 1.84. The molecule has 0 N–H and O–H groups in total. The SMILES string of the molecule is CCc1ccc(S(=O)(=O)N2CCOC(c3ccccc3Cl)C2)s1. The standard InChI is InChI=1S/C16H18ClNO3S2/c1-2-12-7-8-16(22-12)23(19,20)18-9-10-21-15(11-18)13-5-3-4-6-14(13)17/h3-8,15H,2,9-11H2,1H3. The maximum absolute atomic E-state index is 12.8. The molecule has 2 aromatic rings.